The van der Waals surface area contributed by atoms with Crippen LogP contribution in [0.4, 0.5) is 4.39 Å². The van der Waals surface area contributed by atoms with E-state index in [1.165, 1.54) is 29.2 Å². The zero-order valence-electron chi connectivity index (χ0n) is 20.5. The highest BCUT2D eigenvalue weighted by Gasteiger charge is 2.37. The molecule has 7 nitrogen and oxygen atoms in total. The smallest absolute Gasteiger partial charge is 0.269 e. The van der Waals surface area contributed by atoms with Gasteiger partial charge < -0.3 is 19.7 Å². The van der Waals surface area contributed by atoms with Crippen LogP contribution in [0.5, 0.6) is 0 Å². The number of benzene rings is 2. The Kier molecular flexibility index (Phi) is 6.35. The van der Waals surface area contributed by atoms with E-state index in [1.54, 1.807) is 19.0 Å². The molecule has 0 spiro atoms. The van der Waals surface area contributed by atoms with Gasteiger partial charge in [-0.15, -0.1) is 0 Å². The number of aromatic amines is 1. The predicted octanol–water partition coefficient (Wildman–Crippen LogP) is 3.93. The highest BCUT2D eigenvalue weighted by atomic mass is 19.1. The first-order valence-electron chi connectivity index (χ1n) is 12.2. The number of rotatable bonds is 4. The van der Waals surface area contributed by atoms with E-state index in [1.807, 2.05) is 29.2 Å². The number of halogens is 1. The molecule has 8 heteroatoms. The number of hydrogen-bond donors (Lipinski definition) is 1. The average Bonchev–Trinajstić information content (AvgIpc) is 3.55. The zero-order chi connectivity index (χ0) is 25.4. The molecule has 1 aromatic heterocycles. The maximum absolute atomic E-state index is 13.5. The largest absolute Gasteiger partial charge is 0.351 e. The summed E-state index contributed by atoms with van der Waals surface area (Å²) in [6, 6.07) is 12.8. The highest BCUT2D eigenvalue weighted by Crippen LogP contribution is 2.28. The number of likely N-dealkylation sites (tertiary alicyclic amines) is 1. The van der Waals surface area contributed by atoms with E-state index in [0.717, 1.165) is 34.9 Å². The summed E-state index contributed by atoms with van der Waals surface area (Å²) >= 11 is 0. The summed E-state index contributed by atoms with van der Waals surface area (Å²) in [6.07, 6.45) is 4.26. The quantitative estimate of drug-likeness (QED) is 0.605. The minimum Gasteiger partial charge on any atom is -0.351 e. The lowest BCUT2D eigenvalue weighted by Gasteiger charge is -2.33. The third-order valence-electron chi connectivity index (χ3n) is 6.98. The third kappa shape index (κ3) is 4.51. The van der Waals surface area contributed by atoms with Crippen molar-refractivity contribution in [1.82, 2.24) is 19.7 Å². The number of carbonyl (C=O) groups excluding carboxylic acids is 3. The summed E-state index contributed by atoms with van der Waals surface area (Å²) in [5, 5.41) is 0.953. The van der Waals surface area contributed by atoms with Gasteiger partial charge in [-0.1, -0.05) is 18.2 Å². The van der Waals surface area contributed by atoms with E-state index < -0.39 is 11.9 Å². The van der Waals surface area contributed by atoms with E-state index in [-0.39, 0.29) is 17.7 Å². The monoisotopic (exact) mass is 488 g/mol. The van der Waals surface area contributed by atoms with E-state index in [9.17, 15) is 18.8 Å². The van der Waals surface area contributed by atoms with Crippen molar-refractivity contribution >= 4 is 34.2 Å². The maximum Gasteiger partial charge on any atom is 0.269 e. The molecule has 3 aromatic rings. The lowest BCUT2D eigenvalue weighted by atomic mass is 9.99. The van der Waals surface area contributed by atoms with Crippen LogP contribution >= 0.6 is 0 Å². The number of aromatic nitrogens is 1. The van der Waals surface area contributed by atoms with Gasteiger partial charge in [0.25, 0.3) is 11.8 Å². The van der Waals surface area contributed by atoms with Crippen LogP contribution < -0.4 is 0 Å². The molecule has 2 aliphatic rings. The molecule has 1 fully saturated rings. The molecule has 0 radical (unpaired) electrons. The molecule has 1 N–H and O–H groups in total. The number of amides is 3. The van der Waals surface area contributed by atoms with Crippen LogP contribution in [0.1, 0.15) is 45.7 Å². The van der Waals surface area contributed by atoms with Crippen LogP contribution in [0.15, 0.2) is 54.6 Å². The third-order valence-corrected chi connectivity index (χ3v) is 6.98. The van der Waals surface area contributed by atoms with Crippen molar-refractivity contribution in [3.8, 4) is 0 Å². The molecule has 36 heavy (non-hydrogen) atoms. The molecule has 1 atom stereocenters. The summed E-state index contributed by atoms with van der Waals surface area (Å²) in [7, 11) is 3.44. The van der Waals surface area contributed by atoms with Gasteiger partial charge in [-0.05, 0) is 66.8 Å². The van der Waals surface area contributed by atoms with Crippen molar-refractivity contribution in [2.24, 2.45) is 0 Å². The highest BCUT2D eigenvalue weighted by molar-refractivity contribution is 5.99. The molecule has 3 heterocycles. The molecule has 0 bridgehead atoms. The van der Waals surface area contributed by atoms with Crippen LogP contribution in [-0.4, -0.2) is 77.2 Å². The Morgan fingerprint density at radius 1 is 1.03 bits per heavy atom. The molecule has 186 valence electrons. The Labute approximate surface area is 209 Å². The first-order chi connectivity index (χ1) is 17.3. The second kappa shape index (κ2) is 9.60. The van der Waals surface area contributed by atoms with Crippen molar-refractivity contribution < 1.29 is 18.8 Å². The Balaban J connectivity index is 1.32. The minimum absolute atomic E-state index is 0.0478. The van der Waals surface area contributed by atoms with Crippen molar-refractivity contribution in [3.05, 3.63) is 77.2 Å². The van der Waals surface area contributed by atoms with Gasteiger partial charge in [0.2, 0.25) is 5.91 Å². The number of carbonyl (C=O) groups is 3. The van der Waals surface area contributed by atoms with Crippen LogP contribution in [0, 0.1) is 5.82 Å². The number of hydrogen-bond acceptors (Lipinski definition) is 3. The number of H-pyrrole nitrogens is 1. The molecule has 5 rings (SSSR count). The first kappa shape index (κ1) is 23.8. The fourth-order valence-corrected chi connectivity index (χ4v) is 5.06. The molecular formula is C28H29FN4O3. The molecule has 0 aliphatic carbocycles. The normalized spacial score (nSPS) is 17.9. The topological polar surface area (TPSA) is 76.7 Å². The fraction of sp³-hybridized carbons (Fsp3) is 0.321. The van der Waals surface area contributed by atoms with Gasteiger partial charge in [-0.25, -0.2) is 4.39 Å². The van der Waals surface area contributed by atoms with Gasteiger partial charge in [-0.3, -0.25) is 14.4 Å². The Hall–Kier alpha value is -3.94. The van der Waals surface area contributed by atoms with E-state index in [4.69, 9.17) is 0 Å². The predicted molar refractivity (Wildman–Crippen MR) is 136 cm³/mol. The number of nitrogens with zero attached hydrogens (tertiary/aromatic N) is 3. The van der Waals surface area contributed by atoms with Gasteiger partial charge in [0.05, 0.1) is 0 Å². The Morgan fingerprint density at radius 3 is 2.56 bits per heavy atom. The molecule has 0 unspecified atom stereocenters. The van der Waals surface area contributed by atoms with Crippen molar-refractivity contribution in [2.45, 2.75) is 25.3 Å². The molecule has 1 saturated heterocycles. The molecular weight excluding hydrogens is 459 g/mol. The lowest BCUT2D eigenvalue weighted by Crippen LogP contribution is -2.49. The zero-order valence-corrected chi connectivity index (χ0v) is 20.5. The van der Waals surface area contributed by atoms with E-state index >= 15 is 0 Å². The van der Waals surface area contributed by atoms with Gasteiger partial charge in [0.15, 0.2) is 0 Å². The maximum atomic E-state index is 13.5. The summed E-state index contributed by atoms with van der Waals surface area (Å²) < 4.78 is 13.3. The second-order valence-electron chi connectivity index (χ2n) is 9.63. The number of fused-ring (bicyclic) bond motifs is 1. The molecule has 0 saturated carbocycles. The second-order valence-corrected chi connectivity index (χ2v) is 9.63. The standard InChI is InChI=1S/C28H29FN4O3/c1-31(2)27(35)24-16-20-8-7-19(15-23(20)30-24)21-5-3-13-32(17-21)28(36)25-6-4-14-33(25)26(34)18-9-11-22(29)12-10-18/h5,7-12,15-16,25,30H,3-4,6,13-14,17H2,1-2H3/t25-/m0/s1. The van der Waals surface area contributed by atoms with Gasteiger partial charge in [0.1, 0.15) is 17.6 Å². The summed E-state index contributed by atoms with van der Waals surface area (Å²) in [4.78, 5) is 47.1. The van der Waals surface area contributed by atoms with E-state index in [0.29, 0.717) is 37.3 Å². The van der Waals surface area contributed by atoms with Gasteiger partial charge in [-0.2, -0.15) is 0 Å². The van der Waals surface area contributed by atoms with Gasteiger partial charge in [0, 0.05) is 50.2 Å². The molecule has 2 aromatic carbocycles. The van der Waals surface area contributed by atoms with Crippen molar-refractivity contribution in [1.29, 1.82) is 0 Å². The van der Waals surface area contributed by atoms with Crippen LogP contribution in [0.2, 0.25) is 0 Å². The molecule has 3 amide bonds. The van der Waals surface area contributed by atoms with Crippen LogP contribution in [0.3, 0.4) is 0 Å². The van der Waals surface area contributed by atoms with Crippen molar-refractivity contribution in [2.75, 3.05) is 33.7 Å². The summed E-state index contributed by atoms with van der Waals surface area (Å²) in [5.41, 5.74) is 3.83. The summed E-state index contributed by atoms with van der Waals surface area (Å²) in [5.74, 6) is -0.767. The Morgan fingerprint density at radius 2 is 1.81 bits per heavy atom. The first-order valence-corrected chi connectivity index (χ1v) is 12.2. The SMILES string of the molecule is CN(C)C(=O)c1cc2ccc(C3=CCCN(C(=O)[C@@H]4CCCN4C(=O)c4ccc(F)cc4)C3)cc2[nH]1. The summed E-state index contributed by atoms with van der Waals surface area (Å²) in [6.45, 7) is 1.58. The van der Waals surface area contributed by atoms with Crippen molar-refractivity contribution in [3.63, 3.8) is 0 Å². The average molecular weight is 489 g/mol. The van der Waals surface area contributed by atoms with E-state index in [2.05, 4.69) is 11.1 Å². The van der Waals surface area contributed by atoms with Crippen LogP contribution in [0.25, 0.3) is 16.5 Å². The minimum atomic E-state index is -0.507. The van der Waals surface area contributed by atoms with Crippen LogP contribution in [-0.2, 0) is 4.79 Å². The molecule has 2 aliphatic heterocycles. The number of nitrogens with one attached hydrogen (secondary N) is 1. The Bertz CT molecular complexity index is 1360. The van der Waals surface area contributed by atoms with Gasteiger partial charge >= 0.3 is 0 Å². The fourth-order valence-electron chi connectivity index (χ4n) is 5.06. The lowest BCUT2D eigenvalue weighted by molar-refractivity contribution is -0.134.